The van der Waals surface area contributed by atoms with Crippen LogP contribution in [0.2, 0.25) is 5.02 Å². The minimum Gasteiger partial charge on any atom is -0.397 e. The van der Waals surface area contributed by atoms with Crippen LogP contribution in [-0.4, -0.2) is 12.2 Å². The van der Waals surface area contributed by atoms with E-state index in [-0.39, 0.29) is 5.91 Å². The molecule has 0 atom stereocenters. The van der Waals surface area contributed by atoms with E-state index in [4.69, 9.17) is 17.3 Å². The van der Waals surface area contributed by atoms with E-state index in [1.165, 1.54) is 11.8 Å². The number of hydrogen-bond donors (Lipinski definition) is 2. The fraction of sp³-hybridized carbons (Fsp3) is 0.0714. The highest BCUT2D eigenvalue weighted by atomic mass is 35.5. The first-order chi connectivity index (χ1) is 9.11. The molecule has 0 aromatic heterocycles. The van der Waals surface area contributed by atoms with Crippen molar-refractivity contribution in [3.8, 4) is 0 Å². The van der Waals surface area contributed by atoms with Crippen LogP contribution < -0.4 is 11.1 Å². The molecule has 0 unspecified atom stereocenters. The van der Waals surface area contributed by atoms with Crippen LogP contribution in [0, 0.1) is 0 Å². The topological polar surface area (TPSA) is 55.1 Å². The third-order valence-corrected chi connectivity index (χ3v) is 3.75. The number of nitrogens with one attached hydrogen (secondary N) is 1. The van der Waals surface area contributed by atoms with E-state index in [2.05, 4.69) is 5.32 Å². The van der Waals surface area contributed by atoms with E-state index < -0.39 is 0 Å². The molecule has 0 aliphatic heterocycles. The lowest BCUT2D eigenvalue weighted by atomic mass is 10.2. The van der Waals surface area contributed by atoms with E-state index in [0.717, 1.165) is 4.90 Å². The van der Waals surface area contributed by atoms with E-state index in [9.17, 15) is 4.79 Å². The molecule has 0 saturated carbocycles. The Morgan fingerprint density at radius 3 is 2.68 bits per heavy atom. The predicted octanol–water partition coefficient (Wildman–Crippen LogP) is 3.90. The van der Waals surface area contributed by atoms with Gasteiger partial charge in [-0.2, -0.15) is 0 Å². The Labute approximate surface area is 121 Å². The van der Waals surface area contributed by atoms with Crippen LogP contribution in [0.15, 0.2) is 47.4 Å². The summed E-state index contributed by atoms with van der Waals surface area (Å²) >= 11 is 7.37. The van der Waals surface area contributed by atoms with Gasteiger partial charge in [0.1, 0.15) is 0 Å². The molecule has 5 heteroatoms. The molecule has 0 bridgehead atoms. The lowest BCUT2D eigenvalue weighted by Crippen LogP contribution is -2.13. The highest BCUT2D eigenvalue weighted by molar-refractivity contribution is 7.98. The van der Waals surface area contributed by atoms with Gasteiger partial charge in [-0.25, -0.2) is 0 Å². The van der Waals surface area contributed by atoms with Crippen LogP contribution in [0.3, 0.4) is 0 Å². The number of hydrogen-bond acceptors (Lipinski definition) is 3. The number of carbonyl (C=O) groups excluding carboxylic acids is 1. The van der Waals surface area contributed by atoms with Gasteiger partial charge in [0.25, 0.3) is 5.91 Å². The Balaban J connectivity index is 2.23. The molecule has 0 heterocycles. The molecule has 0 aliphatic carbocycles. The number of anilines is 2. The van der Waals surface area contributed by atoms with Crippen LogP contribution in [0.1, 0.15) is 10.4 Å². The number of amides is 1. The zero-order chi connectivity index (χ0) is 13.8. The van der Waals surface area contributed by atoms with Gasteiger partial charge in [-0.15, -0.1) is 11.8 Å². The van der Waals surface area contributed by atoms with Crippen molar-refractivity contribution in [3.05, 3.63) is 53.1 Å². The average molecular weight is 293 g/mol. The molecule has 2 aromatic carbocycles. The van der Waals surface area contributed by atoms with Crippen LogP contribution in [0.5, 0.6) is 0 Å². The molecule has 0 fully saturated rings. The fourth-order valence-corrected chi connectivity index (χ4v) is 2.37. The number of thioether (sulfide) groups is 1. The standard InChI is InChI=1S/C14H13ClN2OS/c1-19-13-5-3-2-4-10(13)14(18)17-9-6-7-11(15)12(16)8-9/h2-8H,16H2,1H3,(H,17,18). The van der Waals surface area contributed by atoms with Gasteiger partial charge in [-0.3, -0.25) is 4.79 Å². The Kier molecular flexibility index (Phi) is 4.35. The van der Waals surface area contributed by atoms with Crippen LogP contribution in [-0.2, 0) is 0 Å². The maximum atomic E-state index is 12.2. The number of halogens is 1. The number of nitrogens with two attached hydrogens (primary N) is 1. The van der Waals surface area contributed by atoms with Gasteiger partial charge < -0.3 is 11.1 Å². The molecule has 2 rings (SSSR count). The van der Waals surface area contributed by atoms with E-state index in [0.29, 0.717) is 22.0 Å². The quantitative estimate of drug-likeness (QED) is 0.666. The van der Waals surface area contributed by atoms with Crippen molar-refractivity contribution in [2.75, 3.05) is 17.3 Å². The van der Waals surface area contributed by atoms with Crippen molar-refractivity contribution < 1.29 is 4.79 Å². The summed E-state index contributed by atoms with van der Waals surface area (Å²) in [5, 5.41) is 3.28. The number of carbonyl (C=O) groups is 1. The maximum absolute atomic E-state index is 12.2. The highest BCUT2D eigenvalue weighted by Gasteiger charge is 2.10. The Hall–Kier alpha value is -1.65. The van der Waals surface area contributed by atoms with Crippen molar-refractivity contribution in [2.45, 2.75) is 4.90 Å². The highest BCUT2D eigenvalue weighted by Crippen LogP contribution is 2.24. The Morgan fingerprint density at radius 1 is 1.26 bits per heavy atom. The summed E-state index contributed by atoms with van der Waals surface area (Å²) in [6.45, 7) is 0. The first-order valence-electron chi connectivity index (χ1n) is 5.61. The zero-order valence-electron chi connectivity index (χ0n) is 10.3. The SMILES string of the molecule is CSc1ccccc1C(=O)Nc1ccc(Cl)c(N)c1. The lowest BCUT2D eigenvalue weighted by Gasteiger charge is -2.09. The van der Waals surface area contributed by atoms with Gasteiger partial charge >= 0.3 is 0 Å². The van der Waals surface area contributed by atoms with Crippen LogP contribution in [0.25, 0.3) is 0 Å². The van der Waals surface area contributed by atoms with Crippen LogP contribution >= 0.6 is 23.4 Å². The van der Waals surface area contributed by atoms with Gasteiger partial charge in [0.05, 0.1) is 16.3 Å². The first kappa shape index (κ1) is 13.8. The summed E-state index contributed by atoms with van der Waals surface area (Å²) in [6, 6.07) is 12.5. The summed E-state index contributed by atoms with van der Waals surface area (Å²) in [4.78, 5) is 13.1. The van der Waals surface area contributed by atoms with Crippen molar-refractivity contribution in [1.82, 2.24) is 0 Å². The summed E-state index contributed by atoms with van der Waals surface area (Å²) in [5.74, 6) is -0.160. The second-order valence-corrected chi connectivity index (χ2v) is 5.15. The Morgan fingerprint density at radius 2 is 2.00 bits per heavy atom. The number of benzene rings is 2. The minimum absolute atomic E-state index is 0.160. The van der Waals surface area contributed by atoms with Gasteiger partial charge in [-0.05, 0) is 36.6 Å². The van der Waals surface area contributed by atoms with Crippen molar-refractivity contribution in [1.29, 1.82) is 0 Å². The molecule has 2 aromatic rings. The predicted molar refractivity (Wildman–Crippen MR) is 82.0 cm³/mol. The molecule has 0 spiro atoms. The number of rotatable bonds is 3. The van der Waals surface area contributed by atoms with Gasteiger partial charge in [-0.1, -0.05) is 23.7 Å². The molecule has 98 valence electrons. The molecule has 0 radical (unpaired) electrons. The molecule has 0 saturated heterocycles. The average Bonchev–Trinajstić information content (AvgIpc) is 2.43. The fourth-order valence-electron chi connectivity index (χ4n) is 1.65. The smallest absolute Gasteiger partial charge is 0.256 e. The molecular weight excluding hydrogens is 280 g/mol. The van der Waals surface area contributed by atoms with E-state index in [1.54, 1.807) is 24.3 Å². The molecule has 0 aliphatic rings. The zero-order valence-corrected chi connectivity index (χ0v) is 11.9. The van der Waals surface area contributed by atoms with Crippen molar-refractivity contribution in [2.24, 2.45) is 0 Å². The molecule has 19 heavy (non-hydrogen) atoms. The van der Waals surface area contributed by atoms with Crippen molar-refractivity contribution >= 4 is 40.6 Å². The summed E-state index contributed by atoms with van der Waals surface area (Å²) < 4.78 is 0. The van der Waals surface area contributed by atoms with E-state index >= 15 is 0 Å². The first-order valence-corrected chi connectivity index (χ1v) is 7.21. The third kappa shape index (κ3) is 3.22. The maximum Gasteiger partial charge on any atom is 0.256 e. The molecular formula is C14H13ClN2OS. The number of nitrogen functional groups attached to an aromatic ring is 1. The second-order valence-electron chi connectivity index (χ2n) is 3.89. The monoisotopic (exact) mass is 292 g/mol. The van der Waals surface area contributed by atoms with Crippen LogP contribution in [0.4, 0.5) is 11.4 Å². The van der Waals surface area contributed by atoms with Crippen molar-refractivity contribution in [3.63, 3.8) is 0 Å². The Bertz CT molecular complexity index is 616. The van der Waals surface area contributed by atoms with Gasteiger partial charge in [0.2, 0.25) is 0 Å². The summed E-state index contributed by atoms with van der Waals surface area (Å²) in [6.07, 6.45) is 1.94. The molecule has 3 nitrogen and oxygen atoms in total. The minimum atomic E-state index is -0.160. The summed E-state index contributed by atoms with van der Waals surface area (Å²) in [7, 11) is 0. The molecule has 3 N–H and O–H groups in total. The largest absolute Gasteiger partial charge is 0.397 e. The molecule has 1 amide bonds. The summed E-state index contributed by atoms with van der Waals surface area (Å²) in [5.41, 5.74) is 7.42. The van der Waals surface area contributed by atoms with Gasteiger partial charge in [0.15, 0.2) is 0 Å². The lowest BCUT2D eigenvalue weighted by molar-refractivity contribution is 0.102. The normalized spacial score (nSPS) is 10.2. The second kappa shape index (κ2) is 5.99. The van der Waals surface area contributed by atoms with E-state index in [1.807, 2.05) is 24.5 Å². The third-order valence-electron chi connectivity index (χ3n) is 2.61. The van der Waals surface area contributed by atoms with Gasteiger partial charge in [0, 0.05) is 10.6 Å².